The molecule has 3 aromatic rings. The Morgan fingerprint density at radius 2 is 1.66 bits per heavy atom. The van der Waals surface area contributed by atoms with Gasteiger partial charge in [0.05, 0.1) is 22.6 Å². The van der Waals surface area contributed by atoms with Crippen LogP contribution in [0, 0.1) is 5.92 Å². The zero-order chi connectivity index (χ0) is 22.1. The lowest BCUT2D eigenvalue weighted by Crippen LogP contribution is -2.39. The second-order valence-corrected chi connectivity index (χ2v) is 8.44. The van der Waals surface area contributed by atoms with E-state index in [4.69, 9.17) is 0 Å². The lowest BCUT2D eigenvalue weighted by atomic mass is 9.90. The normalized spacial score (nSPS) is 16.1. The van der Waals surface area contributed by atoms with Crippen LogP contribution in [0.15, 0.2) is 72.8 Å². The van der Waals surface area contributed by atoms with E-state index >= 15 is 0 Å². The first-order chi connectivity index (χ1) is 15.6. The molecule has 2 amide bonds. The van der Waals surface area contributed by atoms with Crippen LogP contribution in [0.2, 0.25) is 0 Å². The molecule has 0 spiro atoms. The number of rotatable bonds is 3. The van der Waals surface area contributed by atoms with Crippen molar-refractivity contribution in [3.63, 3.8) is 0 Å². The lowest BCUT2D eigenvalue weighted by molar-refractivity contribution is 0.0690. The number of likely N-dealkylation sites (tertiary alicyclic amines) is 1. The number of piperidine rings is 1. The van der Waals surface area contributed by atoms with Gasteiger partial charge in [-0.05, 0) is 61.1 Å². The second kappa shape index (κ2) is 8.48. The number of nitrogens with zero attached hydrogens (tertiary/aromatic N) is 2. The van der Waals surface area contributed by atoms with Crippen molar-refractivity contribution in [2.45, 2.75) is 19.3 Å². The van der Waals surface area contributed by atoms with Gasteiger partial charge in [0, 0.05) is 18.7 Å². The van der Waals surface area contributed by atoms with E-state index in [9.17, 15) is 14.8 Å². The number of amides is 2. The molecule has 5 rings (SSSR count). The smallest absolute Gasteiger partial charge is 0.257 e. The minimum atomic E-state index is -0.315. The summed E-state index contributed by atoms with van der Waals surface area (Å²) < 4.78 is 0. The number of carbonyl (C=O) groups excluding carboxylic acids is 2. The van der Waals surface area contributed by atoms with Crippen LogP contribution in [-0.2, 0) is 6.42 Å². The Balaban J connectivity index is 1.30. The molecule has 0 saturated carbocycles. The zero-order valence-electron chi connectivity index (χ0n) is 17.7. The number of fused-ring (bicyclic) bond motifs is 2. The molecule has 3 aromatic carbocycles. The number of nitrogens with one attached hydrogen (secondary N) is 1. The predicted octanol–water partition coefficient (Wildman–Crippen LogP) is 4.87. The van der Waals surface area contributed by atoms with Gasteiger partial charge in [-0.15, -0.1) is 0 Å². The number of hydrogen-bond acceptors (Lipinski definition) is 4. The summed E-state index contributed by atoms with van der Waals surface area (Å²) in [5.74, 6) is 0.213. The van der Waals surface area contributed by atoms with E-state index < -0.39 is 0 Å². The Kier molecular flexibility index (Phi) is 5.37. The number of anilines is 3. The van der Waals surface area contributed by atoms with E-state index in [-0.39, 0.29) is 11.8 Å². The summed E-state index contributed by atoms with van der Waals surface area (Å²) in [6.45, 7) is 1.44. The maximum atomic E-state index is 13.2. The van der Waals surface area contributed by atoms with Crippen molar-refractivity contribution in [2.75, 3.05) is 23.5 Å². The fourth-order valence-corrected chi connectivity index (χ4v) is 4.59. The second-order valence-electron chi connectivity index (χ2n) is 8.44. The van der Waals surface area contributed by atoms with Gasteiger partial charge in [0.1, 0.15) is 0 Å². The highest BCUT2D eigenvalue weighted by Crippen LogP contribution is 2.37. The van der Waals surface area contributed by atoms with E-state index in [0.29, 0.717) is 34.1 Å². The van der Waals surface area contributed by atoms with E-state index in [1.54, 1.807) is 42.5 Å². The highest BCUT2D eigenvalue weighted by Gasteiger charge is 2.27. The number of para-hydroxylation sites is 1. The maximum absolute atomic E-state index is 13.2. The third-order valence-corrected chi connectivity index (χ3v) is 6.37. The maximum Gasteiger partial charge on any atom is 0.257 e. The number of hydrogen-bond donors (Lipinski definition) is 2. The Bertz CT molecular complexity index is 1150. The SMILES string of the molecule is O=C1Nc2cc(C(=O)N3CCC(Cc4ccccc4)CC3)ccc2N(O)c2ccccc21. The molecular formula is C26H25N3O3. The van der Waals surface area contributed by atoms with E-state index in [2.05, 4.69) is 29.6 Å². The van der Waals surface area contributed by atoms with E-state index in [0.717, 1.165) is 37.4 Å². The third kappa shape index (κ3) is 3.85. The molecular weight excluding hydrogens is 402 g/mol. The summed E-state index contributed by atoms with van der Waals surface area (Å²) in [4.78, 5) is 27.7. The molecule has 162 valence electrons. The fraction of sp³-hybridized carbons (Fsp3) is 0.231. The summed E-state index contributed by atoms with van der Waals surface area (Å²) in [6.07, 6.45) is 2.99. The van der Waals surface area contributed by atoms with Gasteiger partial charge in [-0.2, -0.15) is 0 Å². The van der Waals surface area contributed by atoms with Gasteiger partial charge in [-0.25, -0.2) is 5.06 Å². The van der Waals surface area contributed by atoms with Crippen LogP contribution in [0.3, 0.4) is 0 Å². The van der Waals surface area contributed by atoms with Crippen molar-refractivity contribution in [3.8, 4) is 0 Å². The molecule has 0 unspecified atom stereocenters. The number of benzene rings is 3. The zero-order valence-corrected chi connectivity index (χ0v) is 17.7. The van der Waals surface area contributed by atoms with E-state index in [1.165, 1.54) is 5.56 Å². The van der Waals surface area contributed by atoms with Crippen LogP contribution in [-0.4, -0.2) is 35.0 Å². The van der Waals surface area contributed by atoms with Crippen LogP contribution in [0.1, 0.15) is 39.1 Å². The molecule has 6 nitrogen and oxygen atoms in total. The van der Waals surface area contributed by atoms with Crippen LogP contribution in [0.5, 0.6) is 0 Å². The Hall–Kier alpha value is -3.64. The first kappa shape index (κ1) is 20.3. The summed E-state index contributed by atoms with van der Waals surface area (Å²) in [7, 11) is 0. The molecule has 32 heavy (non-hydrogen) atoms. The molecule has 2 aliphatic heterocycles. The Morgan fingerprint density at radius 3 is 2.44 bits per heavy atom. The predicted molar refractivity (Wildman–Crippen MR) is 124 cm³/mol. The standard InChI is InChI=1S/C26H25N3O3/c30-25-21-8-4-5-9-23(21)29(32)24-11-10-20(17-22(24)27-25)26(31)28-14-12-19(13-15-28)16-18-6-2-1-3-7-18/h1-11,17,19,32H,12-16H2,(H,27,30). The summed E-state index contributed by atoms with van der Waals surface area (Å²) >= 11 is 0. The van der Waals surface area contributed by atoms with E-state index in [1.807, 2.05) is 11.0 Å². The minimum absolute atomic E-state index is 0.0496. The molecule has 1 fully saturated rings. The molecule has 6 heteroatoms. The minimum Gasteiger partial charge on any atom is -0.339 e. The van der Waals surface area contributed by atoms with Gasteiger partial charge < -0.3 is 10.2 Å². The van der Waals surface area contributed by atoms with Crippen LogP contribution in [0.4, 0.5) is 17.1 Å². The average molecular weight is 428 g/mol. The molecule has 1 saturated heterocycles. The Labute approximate surface area is 187 Å². The molecule has 0 bridgehead atoms. The first-order valence-electron chi connectivity index (χ1n) is 11.0. The van der Waals surface area contributed by atoms with Gasteiger partial charge in [-0.3, -0.25) is 14.8 Å². The van der Waals surface area contributed by atoms with Gasteiger partial charge in [0.25, 0.3) is 11.8 Å². The van der Waals surface area contributed by atoms with Crippen molar-refractivity contribution in [1.29, 1.82) is 0 Å². The van der Waals surface area contributed by atoms with Gasteiger partial charge in [0.15, 0.2) is 0 Å². The van der Waals surface area contributed by atoms with Crippen LogP contribution in [0.25, 0.3) is 0 Å². The Morgan fingerprint density at radius 1 is 0.938 bits per heavy atom. The molecule has 2 heterocycles. The molecule has 2 aliphatic rings. The van der Waals surface area contributed by atoms with Crippen molar-refractivity contribution in [3.05, 3.63) is 89.5 Å². The molecule has 0 aromatic heterocycles. The lowest BCUT2D eigenvalue weighted by Gasteiger charge is -2.32. The monoisotopic (exact) mass is 427 g/mol. The highest BCUT2D eigenvalue weighted by atomic mass is 16.5. The van der Waals surface area contributed by atoms with Crippen molar-refractivity contribution >= 4 is 28.9 Å². The van der Waals surface area contributed by atoms with Crippen molar-refractivity contribution in [1.82, 2.24) is 4.90 Å². The van der Waals surface area contributed by atoms with Crippen LogP contribution >= 0.6 is 0 Å². The molecule has 2 N–H and O–H groups in total. The first-order valence-corrected chi connectivity index (χ1v) is 11.0. The van der Waals surface area contributed by atoms with Gasteiger partial charge >= 0.3 is 0 Å². The quantitative estimate of drug-likeness (QED) is 0.625. The molecule has 0 atom stereocenters. The largest absolute Gasteiger partial charge is 0.339 e. The molecule has 0 radical (unpaired) electrons. The summed E-state index contributed by atoms with van der Waals surface area (Å²) in [5, 5.41) is 14.5. The van der Waals surface area contributed by atoms with Crippen LogP contribution < -0.4 is 10.4 Å². The molecule has 0 aliphatic carbocycles. The topological polar surface area (TPSA) is 72.9 Å². The average Bonchev–Trinajstić information content (AvgIpc) is 2.94. The third-order valence-electron chi connectivity index (χ3n) is 6.37. The van der Waals surface area contributed by atoms with Crippen molar-refractivity contribution < 1.29 is 14.8 Å². The summed E-state index contributed by atoms with van der Waals surface area (Å²) in [5.41, 5.74) is 3.47. The van der Waals surface area contributed by atoms with Crippen molar-refractivity contribution in [2.24, 2.45) is 5.92 Å². The summed E-state index contributed by atoms with van der Waals surface area (Å²) in [6, 6.07) is 22.4. The fourth-order valence-electron chi connectivity index (χ4n) is 4.59. The van der Waals surface area contributed by atoms with Gasteiger partial charge in [-0.1, -0.05) is 42.5 Å². The number of carbonyl (C=O) groups is 2. The highest BCUT2D eigenvalue weighted by molar-refractivity contribution is 6.12. The van der Waals surface area contributed by atoms with Gasteiger partial charge in [0.2, 0.25) is 0 Å².